The van der Waals surface area contributed by atoms with Crippen LogP contribution in [0.4, 0.5) is 5.13 Å². The quantitative estimate of drug-likeness (QED) is 0.877. The summed E-state index contributed by atoms with van der Waals surface area (Å²) in [7, 11) is 0. The van der Waals surface area contributed by atoms with E-state index in [-0.39, 0.29) is 5.78 Å². The number of anilines is 1. The molecule has 1 aliphatic rings. The van der Waals surface area contributed by atoms with Crippen molar-refractivity contribution in [3.8, 4) is 0 Å². The van der Waals surface area contributed by atoms with Crippen molar-refractivity contribution in [2.75, 3.05) is 11.1 Å². The van der Waals surface area contributed by atoms with Crippen LogP contribution in [0.15, 0.2) is 40.7 Å². The van der Waals surface area contributed by atoms with Crippen molar-refractivity contribution in [1.29, 1.82) is 0 Å². The second kappa shape index (κ2) is 6.41. The third-order valence-corrected chi connectivity index (χ3v) is 4.90. The Bertz CT molecular complexity index is 667. The van der Waals surface area contributed by atoms with Gasteiger partial charge in [-0.25, -0.2) is 4.98 Å². The normalized spacial score (nSPS) is 17.6. The molecule has 0 fully saturated rings. The average Bonchev–Trinajstić information content (AvgIpc) is 3.10. The van der Waals surface area contributed by atoms with Gasteiger partial charge >= 0.3 is 0 Å². The standard InChI is InChI=1S/C15H15N3OS2/c1-10(19)13-9-21-15(17-13)18-14-16-12(8-20-14)7-11-5-3-2-4-6-11/h2-6,9,12H,7-8H2,1H3,(H,16,17,18). The maximum Gasteiger partial charge on any atom is 0.189 e. The third kappa shape index (κ3) is 3.71. The summed E-state index contributed by atoms with van der Waals surface area (Å²) in [5.41, 5.74) is 1.81. The highest BCUT2D eigenvalue weighted by molar-refractivity contribution is 8.14. The van der Waals surface area contributed by atoms with Gasteiger partial charge in [-0.1, -0.05) is 42.1 Å². The third-order valence-electron chi connectivity index (χ3n) is 3.11. The first-order valence-electron chi connectivity index (χ1n) is 6.69. The van der Waals surface area contributed by atoms with Crippen LogP contribution < -0.4 is 5.32 Å². The zero-order valence-electron chi connectivity index (χ0n) is 11.6. The summed E-state index contributed by atoms with van der Waals surface area (Å²) in [6, 6.07) is 10.7. The van der Waals surface area contributed by atoms with Gasteiger partial charge < -0.3 is 5.32 Å². The fourth-order valence-corrected chi connectivity index (χ4v) is 3.81. The minimum absolute atomic E-state index is 0.0118. The highest BCUT2D eigenvalue weighted by Gasteiger charge is 2.19. The monoisotopic (exact) mass is 317 g/mol. The number of thioether (sulfide) groups is 1. The van der Waals surface area contributed by atoms with Crippen molar-refractivity contribution in [2.45, 2.75) is 19.4 Å². The lowest BCUT2D eigenvalue weighted by Gasteiger charge is -2.04. The molecule has 1 aliphatic heterocycles. The summed E-state index contributed by atoms with van der Waals surface area (Å²) in [6.45, 7) is 1.52. The molecule has 0 spiro atoms. The zero-order chi connectivity index (χ0) is 14.7. The Labute approximate surface area is 131 Å². The number of nitrogens with one attached hydrogen (secondary N) is 1. The highest BCUT2D eigenvalue weighted by Crippen LogP contribution is 2.24. The molecule has 1 atom stereocenters. The first-order chi connectivity index (χ1) is 10.2. The number of ketones is 1. The summed E-state index contributed by atoms with van der Waals surface area (Å²) >= 11 is 3.14. The lowest BCUT2D eigenvalue weighted by molar-refractivity contribution is 0.101. The van der Waals surface area contributed by atoms with E-state index in [0.717, 1.165) is 22.5 Å². The number of Topliss-reactive ketones (excluding diaryl/α,β-unsaturated/α-hetero) is 1. The molecule has 0 radical (unpaired) electrons. The number of nitrogens with zero attached hydrogens (tertiary/aromatic N) is 2. The van der Waals surface area contributed by atoms with Crippen molar-refractivity contribution >= 4 is 39.2 Å². The number of amidine groups is 1. The van der Waals surface area contributed by atoms with E-state index < -0.39 is 0 Å². The largest absolute Gasteiger partial charge is 0.311 e. The molecular formula is C15H15N3OS2. The van der Waals surface area contributed by atoms with Crippen LogP contribution in [0.25, 0.3) is 0 Å². The van der Waals surface area contributed by atoms with Crippen molar-refractivity contribution in [2.24, 2.45) is 4.99 Å². The van der Waals surface area contributed by atoms with E-state index in [9.17, 15) is 4.79 Å². The second-order valence-corrected chi connectivity index (χ2v) is 6.67. The van der Waals surface area contributed by atoms with Crippen LogP contribution in [-0.2, 0) is 6.42 Å². The van der Waals surface area contributed by atoms with E-state index in [1.807, 2.05) is 6.07 Å². The van der Waals surface area contributed by atoms with E-state index in [1.54, 1.807) is 17.1 Å². The van der Waals surface area contributed by atoms with Gasteiger partial charge in [0.05, 0.1) is 6.04 Å². The number of carbonyl (C=O) groups is 1. The van der Waals surface area contributed by atoms with Crippen molar-refractivity contribution < 1.29 is 4.79 Å². The van der Waals surface area contributed by atoms with Crippen LogP contribution in [0.3, 0.4) is 0 Å². The van der Waals surface area contributed by atoms with Gasteiger partial charge in [-0.2, -0.15) is 0 Å². The molecule has 1 aromatic heterocycles. The summed E-state index contributed by atoms with van der Waals surface area (Å²) in [5.74, 6) is 0.963. The fraction of sp³-hybridized carbons (Fsp3) is 0.267. The number of rotatable bonds is 4. The summed E-state index contributed by atoms with van der Waals surface area (Å²) in [6.07, 6.45) is 0.954. The van der Waals surface area contributed by atoms with Crippen LogP contribution in [0, 0.1) is 0 Å². The molecule has 6 heteroatoms. The highest BCUT2D eigenvalue weighted by atomic mass is 32.2. The Morgan fingerprint density at radius 2 is 2.19 bits per heavy atom. The maximum atomic E-state index is 11.2. The molecule has 0 bridgehead atoms. The zero-order valence-corrected chi connectivity index (χ0v) is 13.2. The van der Waals surface area contributed by atoms with Gasteiger partial charge in [0.25, 0.3) is 0 Å². The topological polar surface area (TPSA) is 54.4 Å². The van der Waals surface area contributed by atoms with Gasteiger partial charge in [-0.05, 0) is 12.0 Å². The van der Waals surface area contributed by atoms with Crippen LogP contribution in [0.2, 0.25) is 0 Å². The summed E-state index contributed by atoms with van der Waals surface area (Å²) in [5, 5.41) is 6.59. The van der Waals surface area contributed by atoms with Crippen LogP contribution in [-0.4, -0.2) is 27.7 Å². The lowest BCUT2D eigenvalue weighted by atomic mass is 10.1. The number of hydrogen-bond acceptors (Lipinski definition) is 6. The molecular weight excluding hydrogens is 302 g/mol. The van der Waals surface area contributed by atoms with E-state index in [2.05, 4.69) is 39.6 Å². The van der Waals surface area contributed by atoms with E-state index in [0.29, 0.717) is 11.7 Å². The van der Waals surface area contributed by atoms with Crippen molar-refractivity contribution in [3.63, 3.8) is 0 Å². The molecule has 2 heterocycles. The predicted octanol–water partition coefficient (Wildman–Crippen LogP) is 3.47. The molecule has 0 saturated carbocycles. The molecule has 4 nitrogen and oxygen atoms in total. The number of benzene rings is 1. The molecule has 1 aromatic carbocycles. The van der Waals surface area contributed by atoms with Gasteiger partial charge in [-0.3, -0.25) is 9.79 Å². The smallest absolute Gasteiger partial charge is 0.189 e. The Kier molecular flexibility index (Phi) is 4.36. The number of carbonyl (C=O) groups excluding carboxylic acids is 1. The number of aromatic nitrogens is 1. The summed E-state index contributed by atoms with van der Waals surface area (Å²) in [4.78, 5) is 20.2. The van der Waals surface area contributed by atoms with E-state index in [1.165, 1.54) is 23.8 Å². The first kappa shape index (κ1) is 14.3. The maximum absolute atomic E-state index is 11.2. The molecule has 1 N–H and O–H groups in total. The SMILES string of the molecule is CC(=O)c1csc(NC2=NC(Cc3ccccc3)CS2)n1. The predicted molar refractivity (Wildman–Crippen MR) is 89.6 cm³/mol. The number of aliphatic imine (C=N–C) groups is 1. The van der Waals surface area contributed by atoms with Crippen molar-refractivity contribution in [1.82, 2.24) is 4.98 Å². The minimum Gasteiger partial charge on any atom is -0.311 e. The molecule has 2 aromatic rings. The van der Waals surface area contributed by atoms with Crippen LogP contribution in [0.5, 0.6) is 0 Å². The fourth-order valence-electron chi connectivity index (χ4n) is 2.06. The number of thiazole rings is 1. The molecule has 0 aliphatic carbocycles. The van der Waals surface area contributed by atoms with Crippen LogP contribution >= 0.6 is 23.1 Å². The molecule has 1 unspecified atom stereocenters. The van der Waals surface area contributed by atoms with Gasteiger partial charge in [0.2, 0.25) is 0 Å². The average molecular weight is 317 g/mol. The van der Waals surface area contributed by atoms with Gasteiger partial charge in [0.1, 0.15) is 5.69 Å². The molecule has 0 saturated heterocycles. The Balaban J connectivity index is 1.61. The van der Waals surface area contributed by atoms with Gasteiger partial charge in [0.15, 0.2) is 16.1 Å². The second-order valence-electron chi connectivity index (χ2n) is 4.81. The Morgan fingerprint density at radius 3 is 2.90 bits per heavy atom. The van der Waals surface area contributed by atoms with Gasteiger partial charge in [-0.15, -0.1) is 11.3 Å². The van der Waals surface area contributed by atoms with E-state index >= 15 is 0 Å². The van der Waals surface area contributed by atoms with Crippen LogP contribution in [0.1, 0.15) is 23.0 Å². The Morgan fingerprint density at radius 1 is 1.38 bits per heavy atom. The minimum atomic E-state index is -0.0118. The molecule has 21 heavy (non-hydrogen) atoms. The van der Waals surface area contributed by atoms with E-state index in [4.69, 9.17) is 0 Å². The Hall–Kier alpha value is -1.66. The number of hydrogen-bond donors (Lipinski definition) is 1. The molecule has 3 rings (SSSR count). The van der Waals surface area contributed by atoms with Crippen molar-refractivity contribution in [3.05, 3.63) is 47.0 Å². The first-order valence-corrected chi connectivity index (χ1v) is 8.55. The molecule has 108 valence electrons. The summed E-state index contributed by atoms with van der Waals surface area (Å²) < 4.78 is 0. The lowest BCUT2D eigenvalue weighted by Crippen LogP contribution is -2.08. The van der Waals surface area contributed by atoms with Gasteiger partial charge in [0, 0.05) is 18.1 Å². The molecule has 0 amide bonds.